The van der Waals surface area contributed by atoms with Crippen molar-refractivity contribution in [3.05, 3.63) is 36.4 Å². The molecular weight excluding hydrogens is 402 g/mol. The molecule has 4 rings (SSSR count). The first-order valence-corrected chi connectivity index (χ1v) is 10.0. The molecule has 1 aromatic heterocycles. The van der Waals surface area contributed by atoms with E-state index in [1.165, 1.54) is 4.80 Å². The van der Waals surface area contributed by atoms with E-state index in [2.05, 4.69) is 20.7 Å². The molecule has 0 radical (unpaired) electrons. The van der Waals surface area contributed by atoms with Gasteiger partial charge in [-0.05, 0) is 49.4 Å². The van der Waals surface area contributed by atoms with E-state index in [9.17, 15) is 4.79 Å². The molecule has 0 unspecified atom stereocenters. The zero-order chi connectivity index (χ0) is 21.6. The SMILES string of the molecule is CCOc1ccc(-c2nnn(CC(=O)Nc3ccc4c(c3)OCCO4)n2)cc1OCC. The van der Waals surface area contributed by atoms with Crippen molar-refractivity contribution in [1.82, 2.24) is 20.2 Å². The number of carbonyl (C=O) groups is 1. The summed E-state index contributed by atoms with van der Waals surface area (Å²) in [4.78, 5) is 13.6. The van der Waals surface area contributed by atoms with Gasteiger partial charge in [0.25, 0.3) is 0 Å². The molecule has 0 atom stereocenters. The number of benzene rings is 2. The Hall–Kier alpha value is -3.82. The molecule has 1 amide bonds. The number of fused-ring (bicyclic) bond motifs is 1. The van der Waals surface area contributed by atoms with Crippen LogP contribution in [-0.4, -0.2) is 52.5 Å². The maximum atomic E-state index is 12.4. The standard InChI is InChI=1S/C21H23N5O5/c1-3-28-16-7-5-14(11-18(16)29-4-2)21-23-25-26(24-21)13-20(27)22-15-6-8-17-19(12-15)31-10-9-30-17/h5-8,11-12H,3-4,9-10,13H2,1-2H3,(H,22,27). The Labute approximate surface area is 179 Å². The first-order valence-electron chi connectivity index (χ1n) is 10.0. The van der Waals surface area contributed by atoms with E-state index < -0.39 is 0 Å². The Bertz CT molecular complexity index is 1070. The average Bonchev–Trinajstić information content (AvgIpc) is 3.23. The highest BCUT2D eigenvalue weighted by Gasteiger charge is 2.15. The summed E-state index contributed by atoms with van der Waals surface area (Å²) in [5.74, 6) is 2.62. The van der Waals surface area contributed by atoms with Gasteiger partial charge in [-0.25, -0.2) is 0 Å². The van der Waals surface area contributed by atoms with Crippen LogP contribution in [0.15, 0.2) is 36.4 Å². The van der Waals surface area contributed by atoms with Crippen LogP contribution in [0.5, 0.6) is 23.0 Å². The first-order chi connectivity index (χ1) is 15.2. The maximum Gasteiger partial charge on any atom is 0.248 e. The summed E-state index contributed by atoms with van der Waals surface area (Å²) < 4.78 is 22.2. The highest BCUT2D eigenvalue weighted by atomic mass is 16.6. The van der Waals surface area contributed by atoms with Crippen LogP contribution in [-0.2, 0) is 11.3 Å². The molecule has 0 bridgehead atoms. The summed E-state index contributed by atoms with van der Waals surface area (Å²) in [6, 6.07) is 10.7. The molecule has 0 spiro atoms. The van der Waals surface area contributed by atoms with Crippen LogP contribution in [0.4, 0.5) is 5.69 Å². The predicted molar refractivity (Wildman–Crippen MR) is 112 cm³/mol. The molecule has 162 valence electrons. The van der Waals surface area contributed by atoms with Gasteiger partial charge in [-0.15, -0.1) is 10.2 Å². The van der Waals surface area contributed by atoms with Crippen molar-refractivity contribution in [3.63, 3.8) is 0 Å². The van der Waals surface area contributed by atoms with Gasteiger partial charge in [-0.2, -0.15) is 4.80 Å². The third-order valence-electron chi connectivity index (χ3n) is 4.37. The van der Waals surface area contributed by atoms with Gasteiger partial charge in [-0.3, -0.25) is 4.79 Å². The number of hydrogen-bond donors (Lipinski definition) is 1. The lowest BCUT2D eigenvalue weighted by atomic mass is 10.2. The molecule has 1 N–H and O–H groups in total. The van der Waals surface area contributed by atoms with Gasteiger partial charge in [0.1, 0.15) is 19.8 Å². The van der Waals surface area contributed by atoms with Gasteiger partial charge >= 0.3 is 0 Å². The summed E-state index contributed by atoms with van der Waals surface area (Å²) in [5.41, 5.74) is 1.31. The third-order valence-corrected chi connectivity index (χ3v) is 4.37. The Balaban J connectivity index is 1.43. The molecule has 2 heterocycles. The highest BCUT2D eigenvalue weighted by Crippen LogP contribution is 2.33. The van der Waals surface area contributed by atoms with Crippen molar-refractivity contribution in [2.75, 3.05) is 31.7 Å². The fourth-order valence-electron chi connectivity index (χ4n) is 3.07. The zero-order valence-corrected chi connectivity index (χ0v) is 17.3. The number of nitrogens with one attached hydrogen (secondary N) is 1. The summed E-state index contributed by atoms with van der Waals surface area (Å²) >= 11 is 0. The average molecular weight is 425 g/mol. The van der Waals surface area contributed by atoms with Crippen molar-refractivity contribution >= 4 is 11.6 Å². The fraction of sp³-hybridized carbons (Fsp3) is 0.333. The lowest BCUT2D eigenvalue weighted by Gasteiger charge is -2.18. The highest BCUT2D eigenvalue weighted by molar-refractivity contribution is 5.90. The number of ether oxygens (including phenoxy) is 4. The minimum Gasteiger partial charge on any atom is -0.490 e. The van der Waals surface area contributed by atoms with Crippen LogP contribution in [0.2, 0.25) is 0 Å². The minimum absolute atomic E-state index is 0.0865. The Morgan fingerprint density at radius 1 is 1.03 bits per heavy atom. The largest absolute Gasteiger partial charge is 0.490 e. The molecule has 2 aromatic carbocycles. The van der Waals surface area contributed by atoms with Crippen molar-refractivity contribution < 1.29 is 23.7 Å². The lowest BCUT2D eigenvalue weighted by molar-refractivity contribution is -0.117. The molecule has 0 saturated heterocycles. The normalized spacial score (nSPS) is 12.3. The monoisotopic (exact) mass is 425 g/mol. The zero-order valence-electron chi connectivity index (χ0n) is 17.3. The molecular formula is C21H23N5O5. The van der Waals surface area contributed by atoms with E-state index in [0.29, 0.717) is 66.5 Å². The maximum absolute atomic E-state index is 12.4. The molecule has 10 nitrogen and oxygen atoms in total. The van der Waals surface area contributed by atoms with Crippen LogP contribution in [0.3, 0.4) is 0 Å². The molecule has 31 heavy (non-hydrogen) atoms. The van der Waals surface area contributed by atoms with E-state index in [1.54, 1.807) is 30.3 Å². The Morgan fingerprint density at radius 3 is 2.61 bits per heavy atom. The fourth-order valence-corrected chi connectivity index (χ4v) is 3.07. The van der Waals surface area contributed by atoms with Crippen LogP contribution in [0.25, 0.3) is 11.4 Å². The smallest absolute Gasteiger partial charge is 0.248 e. The van der Waals surface area contributed by atoms with Gasteiger partial charge in [0.05, 0.1) is 13.2 Å². The number of rotatable bonds is 8. The van der Waals surface area contributed by atoms with Crippen LogP contribution >= 0.6 is 0 Å². The third kappa shape index (κ3) is 4.85. The predicted octanol–water partition coefficient (Wildman–Crippen LogP) is 2.55. The molecule has 10 heteroatoms. The number of anilines is 1. The van der Waals surface area contributed by atoms with Crippen LogP contribution in [0.1, 0.15) is 13.8 Å². The lowest BCUT2D eigenvalue weighted by Crippen LogP contribution is -2.21. The van der Waals surface area contributed by atoms with Gasteiger partial charge < -0.3 is 24.3 Å². The summed E-state index contributed by atoms with van der Waals surface area (Å²) in [6.45, 7) is 5.75. The van der Waals surface area contributed by atoms with E-state index in [4.69, 9.17) is 18.9 Å². The van der Waals surface area contributed by atoms with E-state index >= 15 is 0 Å². The molecule has 0 saturated carbocycles. The van der Waals surface area contributed by atoms with Gasteiger partial charge in [0.2, 0.25) is 11.7 Å². The van der Waals surface area contributed by atoms with E-state index in [1.807, 2.05) is 19.9 Å². The summed E-state index contributed by atoms with van der Waals surface area (Å²) in [7, 11) is 0. The second-order valence-electron chi connectivity index (χ2n) is 6.58. The van der Waals surface area contributed by atoms with Gasteiger partial charge in [-0.1, -0.05) is 0 Å². The topological polar surface area (TPSA) is 110 Å². The number of nitrogens with zero attached hydrogens (tertiary/aromatic N) is 4. The molecule has 1 aliphatic rings. The summed E-state index contributed by atoms with van der Waals surface area (Å²) in [6.07, 6.45) is 0. The molecule has 1 aliphatic heterocycles. The number of carbonyl (C=O) groups excluding carboxylic acids is 1. The number of hydrogen-bond acceptors (Lipinski definition) is 8. The van der Waals surface area contributed by atoms with Crippen LogP contribution < -0.4 is 24.3 Å². The molecule has 0 aliphatic carbocycles. The van der Waals surface area contributed by atoms with E-state index in [0.717, 1.165) is 0 Å². The number of aromatic nitrogens is 4. The Morgan fingerprint density at radius 2 is 1.81 bits per heavy atom. The van der Waals surface area contributed by atoms with Gasteiger partial charge in [0.15, 0.2) is 23.0 Å². The quantitative estimate of drug-likeness (QED) is 0.586. The van der Waals surface area contributed by atoms with Gasteiger partial charge in [0, 0.05) is 17.3 Å². The van der Waals surface area contributed by atoms with Crippen molar-refractivity contribution in [3.8, 4) is 34.4 Å². The van der Waals surface area contributed by atoms with Crippen molar-refractivity contribution in [1.29, 1.82) is 0 Å². The number of tetrazole rings is 1. The van der Waals surface area contributed by atoms with Crippen molar-refractivity contribution in [2.24, 2.45) is 0 Å². The second kappa shape index (κ2) is 9.33. The summed E-state index contributed by atoms with van der Waals surface area (Å²) in [5, 5.41) is 15.1. The second-order valence-corrected chi connectivity index (χ2v) is 6.58. The molecule has 3 aromatic rings. The van der Waals surface area contributed by atoms with E-state index in [-0.39, 0.29) is 12.5 Å². The molecule has 0 fully saturated rings. The minimum atomic E-state index is -0.290. The van der Waals surface area contributed by atoms with Crippen molar-refractivity contribution in [2.45, 2.75) is 20.4 Å². The number of amides is 1. The van der Waals surface area contributed by atoms with Crippen LogP contribution in [0, 0.1) is 0 Å². The first kappa shape index (κ1) is 20.5. The Kier molecular flexibility index (Phi) is 6.16.